The van der Waals surface area contributed by atoms with Gasteiger partial charge in [-0.15, -0.1) is 0 Å². The highest BCUT2D eigenvalue weighted by Crippen LogP contribution is 2.22. The predicted molar refractivity (Wildman–Crippen MR) is 77.2 cm³/mol. The van der Waals surface area contributed by atoms with Crippen molar-refractivity contribution in [2.45, 2.75) is 6.42 Å². The maximum absolute atomic E-state index is 9.75. The van der Waals surface area contributed by atoms with E-state index in [1.54, 1.807) is 19.2 Å². The first kappa shape index (κ1) is 13.2. The van der Waals surface area contributed by atoms with Crippen LogP contribution in [0, 0.1) is 0 Å². The van der Waals surface area contributed by atoms with Gasteiger partial charge in [0, 0.05) is 11.1 Å². The Kier molecular flexibility index (Phi) is 3.55. The minimum absolute atomic E-state index is 0.224. The molecule has 0 aliphatic heterocycles. The van der Waals surface area contributed by atoms with E-state index >= 15 is 0 Å². The molecular formula is C16H14N2O3. The number of aromatic nitrogens is 2. The second-order valence-corrected chi connectivity index (χ2v) is 4.55. The van der Waals surface area contributed by atoms with E-state index in [-0.39, 0.29) is 5.75 Å². The number of hydrogen-bond donors (Lipinski definition) is 1. The maximum atomic E-state index is 9.75. The van der Waals surface area contributed by atoms with E-state index in [9.17, 15) is 5.11 Å². The average molecular weight is 282 g/mol. The highest BCUT2D eigenvalue weighted by molar-refractivity contribution is 5.55. The van der Waals surface area contributed by atoms with Crippen LogP contribution in [-0.4, -0.2) is 22.4 Å². The minimum Gasteiger partial charge on any atom is -0.508 e. The standard InChI is InChI=1S/C16H14N2O3/c1-20-13-8-6-11(7-9-13)16-17-15(21-18-16)10-12-4-2-3-5-14(12)19/h2-9,19H,10H2,1H3. The highest BCUT2D eigenvalue weighted by atomic mass is 16.5. The zero-order chi connectivity index (χ0) is 14.7. The van der Waals surface area contributed by atoms with E-state index in [4.69, 9.17) is 9.26 Å². The molecule has 0 unspecified atom stereocenters. The summed E-state index contributed by atoms with van der Waals surface area (Å²) in [7, 11) is 1.62. The molecule has 106 valence electrons. The molecule has 1 aromatic heterocycles. The zero-order valence-corrected chi connectivity index (χ0v) is 11.5. The van der Waals surface area contributed by atoms with Crippen LogP contribution in [-0.2, 0) is 6.42 Å². The molecule has 0 aliphatic carbocycles. The number of aromatic hydroxyl groups is 1. The van der Waals surface area contributed by atoms with Crippen molar-refractivity contribution in [3.05, 3.63) is 60.0 Å². The summed E-state index contributed by atoms with van der Waals surface area (Å²) < 4.78 is 10.3. The number of phenolic OH excluding ortho intramolecular Hbond substituents is 1. The van der Waals surface area contributed by atoms with E-state index in [2.05, 4.69) is 10.1 Å². The molecule has 0 radical (unpaired) electrons. The summed E-state index contributed by atoms with van der Waals surface area (Å²) >= 11 is 0. The molecule has 0 spiro atoms. The van der Waals surface area contributed by atoms with Gasteiger partial charge < -0.3 is 14.4 Å². The van der Waals surface area contributed by atoms with Gasteiger partial charge in [0.2, 0.25) is 11.7 Å². The van der Waals surface area contributed by atoms with Crippen molar-refractivity contribution in [2.24, 2.45) is 0 Å². The predicted octanol–water partition coefficient (Wildman–Crippen LogP) is 3.04. The first-order valence-corrected chi connectivity index (χ1v) is 6.50. The van der Waals surface area contributed by atoms with E-state index in [1.165, 1.54) is 0 Å². The van der Waals surface area contributed by atoms with Crippen LogP contribution < -0.4 is 4.74 Å². The SMILES string of the molecule is COc1ccc(-c2noc(Cc3ccccc3O)n2)cc1. The average Bonchev–Trinajstić information content (AvgIpc) is 2.98. The van der Waals surface area contributed by atoms with Crippen LogP contribution in [0.5, 0.6) is 11.5 Å². The van der Waals surface area contributed by atoms with E-state index in [0.717, 1.165) is 16.9 Å². The van der Waals surface area contributed by atoms with E-state index < -0.39 is 0 Å². The molecule has 3 rings (SSSR count). The highest BCUT2D eigenvalue weighted by Gasteiger charge is 2.11. The fourth-order valence-corrected chi connectivity index (χ4v) is 2.01. The van der Waals surface area contributed by atoms with Gasteiger partial charge in [-0.3, -0.25) is 0 Å². The van der Waals surface area contributed by atoms with Gasteiger partial charge >= 0.3 is 0 Å². The lowest BCUT2D eigenvalue weighted by Crippen LogP contribution is -1.89. The van der Waals surface area contributed by atoms with Gasteiger partial charge in [0.05, 0.1) is 13.5 Å². The van der Waals surface area contributed by atoms with Crippen molar-refractivity contribution >= 4 is 0 Å². The van der Waals surface area contributed by atoms with Crippen LogP contribution >= 0.6 is 0 Å². The Bertz CT molecular complexity index is 735. The third kappa shape index (κ3) is 2.86. The van der Waals surface area contributed by atoms with Gasteiger partial charge in [-0.1, -0.05) is 23.4 Å². The van der Waals surface area contributed by atoms with Crippen LogP contribution in [0.2, 0.25) is 0 Å². The van der Waals surface area contributed by atoms with Gasteiger partial charge in [-0.25, -0.2) is 0 Å². The second kappa shape index (κ2) is 5.66. The molecule has 2 aromatic carbocycles. The Hall–Kier alpha value is -2.82. The number of methoxy groups -OCH3 is 1. The summed E-state index contributed by atoms with van der Waals surface area (Å²) in [6.07, 6.45) is 0.399. The first-order valence-electron chi connectivity index (χ1n) is 6.50. The molecule has 1 heterocycles. The fourth-order valence-electron chi connectivity index (χ4n) is 2.01. The number of ether oxygens (including phenoxy) is 1. The fraction of sp³-hybridized carbons (Fsp3) is 0.125. The molecule has 1 N–H and O–H groups in total. The molecule has 0 amide bonds. The summed E-state index contributed by atoms with van der Waals surface area (Å²) in [6.45, 7) is 0. The molecule has 0 saturated carbocycles. The quantitative estimate of drug-likeness (QED) is 0.796. The van der Waals surface area contributed by atoms with Crippen molar-refractivity contribution < 1.29 is 14.4 Å². The maximum Gasteiger partial charge on any atom is 0.231 e. The molecular weight excluding hydrogens is 268 g/mol. The number of rotatable bonds is 4. The molecule has 5 nitrogen and oxygen atoms in total. The number of hydrogen-bond acceptors (Lipinski definition) is 5. The van der Waals surface area contributed by atoms with Crippen LogP contribution in [0.15, 0.2) is 53.1 Å². The third-order valence-corrected chi connectivity index (χ3v) is 3.15. The zero-order valence-electron chi connectivity index (χ0n) is 11.5. The lowest BCUT2D eigenvalue weighted by Gasteiger charge is -2.00. The lowest BCUT2D eigenvalue weighted by molar-refractivity contribution is 0.383. The molecule has 0 atom stereocenters. The largest absolute Gasteiger partial charge is 0.508 e. The van der Waals surface area contributed by atoms with Crippen molar-refractivity contribution in [1.82, 2.24) is 10.1 Å². The monoisotopic (exact) mass is 282 g/mol. The second-order valence-electron chi connectivity index (χ2n) is 4.55. The van der Waals surface area contributed by atoms with Gasteiger partial charge in [0.15, 0.2) is 0 Å². The van der Waals surface area contributed by atoms with Crippen molar-refractivity contribution in [3.8, 4) is 22.9 Å². The Labute approximate surface area is 121 Å². The number of benzene rings is 2. The Morgan fingerprint density at radius 2 is 1.86 bits per heavy atom. The summed E-state index contributed by atoms with van der Waals surface area (Å²) in [5.74, 6) is 1.98. The van der Waals surface area contributed by atoms with Crippen LogP contribution in [0.3, 0.4) is 0 Å². The van der Waals surface area contributed by atoms with Crippen molar-refractivity contribution in [1.29, 1.82) is 0 Å². The summed E-state index contributed by atoms with van der Waals surface area (Å²) in [5.41, 5.74) is 1.60. The van der Waals surface area contributed by atoms with Crippen molar-refractivity contribution in [2.75, 3.05) is 7.11 Å². The molecule has 0 bridgehead atoms. The van der Waals surface area contributed by atoms with Crippen LogP contribution in [0.25, 0.3) is 11.4 Å². The Morgan fingerprint density at radius 1 is 1.10 bits per heavy atom. The Balaban J connectivity index is 1.81. The summed E-state index contributed by atoms with van der Waals surface area (Å²) in [5, 5.41) is 13.7. The smallest absolute Gasteiger partial charge is 0.231 e. The topological polar surface area (TPSA) is 68.4 Å². The molecule has 3 aromatic rings. The van der Waals surface area contributed by atoms with Gasteiger partial charge in [-0.2, -0.15) is 4.98 Å². The minimum atomic E-state index is 0.224. The van der Waals surface area contributed by atoms with Crippen LogP contribution in [0.1, 0.15) is 11.5 Å². The normalized spacial score (nSPS) is 10.5. The van der Waals surface area contributed by atoms with Gasteiger partial charge in [0.25, 0.3) is 0 Å². The number of phenols is 1. The van der Waals surface area contributed by atoms with Gasteiger partial charge in [-0.05, 0) is 30.3 Å². The van der Waals surface area contributed by atoms with Crippen LogP contribution in [0.4, 0.5) is 0 Å². The third-order valence-electron chi connectivity index (χ3n) is 3.15. The Morgan fingerprint density at radius 3 is 2.57 bits per heavy atom. The number of nitrogens with zero attached hydrogens (tertiary/aromatic N) is 2. The molecule has 21 heavy (non-hydrogen) atoms. The van der Waals surface area contributed by atoms with E-state index in [1.807, 2.05) is 36.4 Å². The van der Waals surface area contributed by atoms with Gasteiger partial charge in [0.1, 0.15) is 11.5 Å². The first-order chi connectivity index (χ1) is 10.3. The molecule has 0 aliphatic rings. The lowest BCUT2D eigenvalue weighted by atomic mass is 10.1. The van der Waals surface area contributed by atoms with E-state index in [0.29, 0.717) is 18.1 Å². The number of para-hydroxylation sites is 1. The van der Waals surface area contributed by atoms with Crippen molar-refractivity contribution in [3.63, 3.8) is 0 Å². The molecule has 5 heteroatoms. The molecule has 0 fully saturated rings. The molecule has 0 saturated heterocycles. The summed E-state index contributed by atoms with van der Waals surface area (Å²) in [6, 6.07) is 14.5. The summed E-state index contributed by atoms with van der Waals surface area (Å²) in [4.78, 5) is 4.34.